The minimum Gasteiger partial charge on any atom is -0.352 e. The minimum atomic E-state index is -0.244. The van der Waals surface area contributed by atoms with Gasteiger partial charge in [-0.3, -0.25) is 10.1 Å². The number of nitrogens with one attached hydrogen (secondary N) is 1. The molecule has 1 saturated heterocycles. The zero-order valence-electron chi connectivity index (χ0n) is 15.0. The van der Waals surface area contributed by atoms with Crippen LogP contribution in [-0.4, -0.2) is 52.8 Å². The van der Waals surface area contributed by atoms with Crippen LogP contribution in [0.2, 0.25) is 0 Å². The number of rotatable bonds is 3. The Labute approximate surface area is 152 Å². The molecule has 3 heterocycles. The molecule has 0 aliphatic carbocycles. The zero-order chi connectivity index (χ0) is 18.1. The fourth-order valence-corrected chi connectivity index (χ4v) is 3.42. The van der Waals surface area contributed by atoms with Crippen molar-refractivity contribution in [3.8, 4) is 22.4 Å². The van der Waals surface area contributed by atoms with Crippen LogP contribution in [0.3, 0.4) is 0 Å². The van der Waals surface area contributed by atoms with E-state index in [1.165, 1.54) is 12.1 Å². The van der Waals surface area contributed by atoms with Crippen molar-refractivity contribution in [3.05, 3.63) is 54.6 Å². The standard InChI is InChI=1S/C20H22FN5/c1-14-13-26(12-11-25(14)2)20-18(15-7-9-22-10-8-15)19(23-24-20)16-3-5-17(21)6-4-16/h3-10,14H,11-13H2,1-2H3,(H,23,24). The van der Waals surface area contributed by atoms with Gasteiger partial charge in [-0.05, 0) is 55.9 Å². The molecule has 3 aromatic rings. The molecule has 1 aliphatic rings. The lowest BCUT2D eigenvalue weighted by molar-refractivity contribution is 0.233. The third kappa shape index (κ3) is 3.08. The van der Waals surface area contributed by atoms with Gasteiger partial charge in [0.25, 0.3) is 0 Å². The van der Waals surface area contributed by atoms with Crippen LogP contribution in [0.1, 0.15) is 6.92 Å². The van der Waals surface area contributed by atoms with Crippen LogP contribution in [-0.2, 0) is 0 Å². The summed E-state index contributed by atoms with van der Waals surface area (Å²) in [6, 6.07) is 10.9. The van der Waals surface area contributed by atoms with E-state index in [-0.39, 0.29) is 5.82 Å². The molecule has 0 saturated carbocycles. The van der Waals surface area contributed by atoms with Crippen LogP contribution in [0, 0.1) is 5.82 Å². The van der Waals surface area contributed by atoms with Gasteiger partial charge in [0.05, 0.1) is 11.3 Å². The lowest BCUT2D eigenvalue weighted by Crippen LogP contribution is -2.50. The highest BCUT2D eigenvalue weighted by molar-refractivity contribution is 5.89. The van der Waals surface area contributed by atoms with Crippen molar-refractivity contribution in [2.24, 2.45) is 0 Å². The first kappa shape index (κ1) is 16.7. The molecule has 1 unspecified atom stereocenters. The molecule has 0 radical (unpaired) electrons. The summed E-state index contributed by atoms with van der Waals surface area (Å²) in [6.45, 7) is 5.07. The van der Waals surface area contributed by atoms with Crippen LogP contribution < -0.4 is 4.90 Å². The third-order valence-electron chi connectivity index (χ3n) is 5.11. The molecule has 26 heavy (non-hydrogen) atoms. The molecule has 1 atom stereocenters. The maximum absolute atomic E-state index is 13.4. The van der Waals surface area contributed by atoms with Gasteiger partial charge >= 0.3 is 0 Å². The molecule has 1 aromatic carbocycles. The maximum Gasteiger partial charge on any atom is 0.159 e. The summed E-state index contributed by atoms with van der Waals surface area (Å²) in [5, 5.41) is 7.83. The van der Waals surface area contributed by atoms with Crippen LogP contribution in [0.5, 0.6) is 0 Å². The first-order valence-electron chi connectivity index (χ1n) is 8.83. The van der Waals surface area contributed by atoms with Gasteiger partial charge in [-0.15, -0.1) is 0 Å². The molecule has 1 N–H and O–H groups in total. The first-order valence-corrected chi connectivity index (χ1v) is 8.83. The van der Waals surface area contributed by atoms with Crippen LogP contribution in [0.4, 0.5) is 10.2 Å². The van der Waals surface area contributed by atoms with Gasteiger partial charge in [0, 0.05) is 43.6 Å². The molecular weight excluding hydrogens is 329 g/mol. The van der Waals surface area contributed by atoms with E-state index in [2.05, 4.69) is 39.0 Å². The number of aromatic amines is 1. The molecule has 1 fully saturated rings. The number of anilines is 1. The number of hydrogen-bond acceptors (Lipinski definition) is 4. The van der Waals surface area contributed by atoms with Crippen molar-refractivity contribution in [3.63, 3.8) is 0 Å². The molecule has 1 aliphatic heterocycles. The van der Waals surface area contributed by atoms with Crippen molar-refractivity contribution in [1.29, 1.82) is 0 Å². The number of piperazine rings is 1. The summed E-state index contributed by atoms with van der Waals surface area (Å²) >= 11 is 0. The summed E-state index contributed by atoms with van der Waals surface area (Å²) < 4.78 is 13.4. The highest BCUT2D eigenvalue weighted by atomic mass is 19.1. The molecular formula is C20H22FN5. The summed E-state index contributed by atoms with van der Waals surface area (Å²) in [6.07, 6.45) is 3.57. The van der Waals surface area contributed by atoms with E-state index >= 15 is 0 Å². The molecule has 5 nitrogen and oxygen atoms in total. The van der Waals surface area contributed by atoms with E-state index in [0.717, 1.165) is 47.8 Å². The second-order valence-electron chi connectivity index (χ2n) is 6.82. The van der Waals surface area contributed by atoms with Crippen molar-refractivity contribution in [1.82, 2.24) is 20.1 Å². The van der Waals surface area contributed by atoms with Gasteiger partial charge in [0.2, 0.25) is 0 Å². The largest absolute Gasteiger partial charge is 0.352 e. The van der Waals surface area contributed by atoms with Gasteiger partial charge in [-0.1, -0.05) is 0 Å². The number of benzene rings is 1. The Bertz CT molecular complexity index is 875. The van der Waals surface area contributed by atoms with E-state index < -0.39 is 0 Å². The molecule has 0 bridgehead atoms. The molecule has 134 valence electrons. The number of aromatic nitrogens is 3. The van der Waals surface area contributed by atoms with Crippen molar-refractivity contribution >= 4 is 5.82 Å². The predicted octanol–water partition coefficient (Wildman–Crippen LogP) is 3.42. The summed E-state index contributed by atoms with van der Waals surface area (Å²) in [7, 11) is 2.15. The number of pyridine rings is 1. The highest BCUT2D eigenvalue weighted by Crippen LogP contribution is 2.38. The van der Waals surface area contributed by atoms with E-state index in [1.54, 1.807) is 24.5 Å². The Morgan fingerprint density at radius 1 is 1.04 bits per heavy atom. The number of nitrogens with zero attached hydrogens (tertiary/aromatic N) is 4. The molecule has 0 spiro atoms. The van der Waals surface area contributed by atoms with E-state index in [1.807, 2.05) is 12.1 Å². The van der Waals surface area contributed by atoms with Crippen LogP contribution >= 0.6 is 0 Å². The van der Waals surface area contributed by atoms with Crippen molar-refractivity contribution in [2.45, 2.75) is 13.0 Å². The van der Waals surface area contributed by atoms with Crippen LogP contribution in [0.15, 0.2) is 48.8 Å². The lowest BCUT2D eigenvalue weighted by atomic mass is 10.0. The Kier molecular flexibility index (Phi) is 4.42. The fourth-order valence-electron chi connectivity index (χ4n) is 3.42. The van der Waals surface area contributed by atoms with Gasteiger partial charge in [-0.25, -0.2) is 4.39 Å². The quantitative estimate of drug-likeness (QED) is 0.785. The second kappa shape index (κ2) is 6.88. The SMILES string of the molecule is CC1CN(c2n[nH]c(-c3ccc(F)cc3)c2-c2ccncc2)CCN1C. The number of H-pyrrole nitrogens is 1. The minimum absolute atomic E-state index is 0.244. The lowest BCUT2D eigenvalue weighted by Gasteiger charge is -2.38. The van der Waals surface area contributed by atoms with Gasteiger partial charge < -0.3 is 9.80 Å². The van der Waals surface area contributed by atoms with Crippen LogP contribution in [0.25, 0.3) is 22.4 Å². The van der Waals surface area contributed by atoms with Gasteiger partial charge in [0.1, 0.15) is 5.82 Å². The van der Waals surface area contributed by atoms with Gasteiger partial charge in [-0.2, -0.15) is 5.10 Å². The molecule has 0 amide bonds. The van der Waals surface area contributed by atoms with Gasteiger partial charge in [0.15, 0.2) is 5.82 Å². The van der Waals surface area contributed by atoms with E-state index in [0.29, 0.717) is 6.04 Å². The van der Waals surface area contributed by atoms with Crippen molar-refractivity contribution < 1.29 is 4.39 Å². The Balaban J connectivity index is 1.81. The number of likely N-dealkylation sites (N-methyl/N-ethyl adjacent to an activating group) is 1. The highest BCUT2D eigenvalue weighted by Gasteiger charge is 2.26. The Morgan fingerprint density at radius 2 is 1.77 bits per heavy atom. The Hall–Kier alpha value is -2.73. The predicted molar refractivity (Wildman–Crippen MR) is 102 cm³/mol. The number of hydrogen-bond donors (Lipinski definition) is 1. The van der Waals surface area contributed by atoms with E-state index in [9.17, 15) is 4.39 Å². The smallest absolute Gasteiger partial charge is 0.159 e. The second-order valence-corrected chi connectivity index (χ2v) is 6.82. The number of halogens is 1. The Morgan fingerprint density at radius 3 is 2.46 bits per heavy atom. The average molecular weight is 351 g/mol. The molecule has 4 rings (SSSR count). The molecule has 2 aromatic heterocycles. The monoisotopic (exact) mass is 351 g/mol. The van der Waals surface area contributed by atoms with E-state index in [4.69, 9.17) is 0 Å². The average Bonchev–Trinajstić information content (AvgIpc) is 3.10. The molecule has 6 heteroatoms. The third-order valence-corrected chi connectivity index (χ3v) is 5.11. The first-order chi connectivity index (χ1) is 12.6. The summed E-state index contributed by atoms with van der Waals surface area (Å²) in [4.78, 5) is 8.81. The normalized spacial score (nSPS) is 18.3. The summed E-state index contributed by atoms with van der Waals surface area (Å²) in [5.74, 6) is 0.697. The van der Waals surface area contributed by atoms with Crippen molar-refractivity contribution in [2.75, 3.05) is 31.6 Å². The summed E-state index contributed by atoms with van der Waals surface area (Å²) in [5.41, 5.74) is 3.90. The fraction of sp³-hybridized carbons (Fsp3) is 0.300. The topological polar surface area (TPSA) is 48.1 Å². The zero-order valence-corrected chi connectivity index (χ0v) is 15.0. The maximum atomic E-state index is 13.4.